The summed E-state index contributed by atoms with van der Waals surface area (Å²) >= 11 is 0. The predicted octanol–water partition coefficient (Wildman–Crippen LogP) is 1.65. The van der Waals surface area contributed by atoms with Gasteiger partial charge in [0.15, 0.2) is 0 Å². The van der Waals surface area contributed by atoms with E-state index < -0.39 is 10.0 Å². The van der Waals surface area contributed by atoms with Crippen LogP contribution in [0.15, 0.2) is 0 Å². The molecule has 17 heavy (non-hydrogen) atoms. The maximum Gasteiger partial charge on any atom is 0.211 e. The van der Waals surface area contributed by atoms with Crippen molar-refractivity contribution in [2.75, 3.05) is 18.8 Å². The van der Waals surface area contributed by atoms with Crippen LogP contribution in [0.1, 0.15) is 44.9 Å². The van der Waals surface area contributed by atoms with Crippen LogP contribution in [0.4, 0.5) is 0 Å². The van der Waals surface area contributed by atoms with E-state index >= 15 is 0 Å². The molecular weight excluding hydrogens is 260 g/mol. The van der Waals surface area contributed by atoms with Crippen molar-refractivity contribution < 1.29 is 8.42 Å². The number of hydrogen-bond acceptors (Lipinski definition) is 3. The molecule has 4 nitrogen and oxygen atoms in total. The first-order chi connectivity index (χ1) is 7.64. The lowest BCUT2D eigenvalue weighted by Gasteiger charge is -2.21. The maximum atomic E-state index is 11.7. The summed E-state index contributed by atoms with van der Waals surface area (Å²) in [4.78, 5) is 0. The highest BCUT2D eigenvalue weighted by Gasteiger charge is 2.20. The molecule has 1 fully saturated rings. The van der Waals surface area contributed by atoms with Crippen LogP contribution in [-0.2, 0) is 10.0 Å². The summed E-state index contributed by atoms with van der Waals surface area (Å²) in [6, 6.07) is 0. The first-order valence-electron chi connectivity index (χ1n) is 6.31. The molecular formula is C11H25ClN2O2S. The molecule has 0 spiro atoms. The van der Waals surface area contributed by atoms with Crippen molar-refractivity contribution in [2.45, 2.75) is 44.9 Å². The molecule has 0 radical (unpaired) electrons. The number of rotatable bonds is 7. The van der Waals surface area contributed by atoms with Crippen LogP contribution < -0.4 is 10.5 Å². The molecule has 0 aromatic carbocycles. The van der Waals surface area contributed by atoms with Crippen LogP contribution >= 0.6 is 12.4 Å². The van der Waals surface area contributed by atoms with Crippen molar-refractivity contribution in [3.05, 3.63) is 0 Å². The van der Waals surface area contributed by atoms with Crippen LogP contribution in [0, 0.1) is 5.92 Å². The molecule has 1 aliphatic carbocycles. The number of nitrogens with one attached hydrogen (secondary N) is 1. The van der Waals surface area contributed by atoms with Gasteiger partial charge in [0.2, 0.25) is 10.0 Å². The van der Waals surface area contributed by atoms with E-state index in [4.69, 9.17) is 5.73 Å². The molecule has 0 heterocycles. The summed E-state index contributed by atoms with van der Waals surface area (Å²) in [5.74, 6) is 0.691. The van der Waals surface area contributed by atoms with Gasteiger partial charge in [0.25, 0.3) is 0 Å². The quantitative estimate of drug-likeness (QED) is 0.698. The SMILES string of the molecule is Cl.NCCCCNS(=O)(=O)CC1CCCCC1. The fourth-order valence-electron chi connectivity index (χ4n) is 2.22. The number of sulfonamides is 1. The van der Waals surface area contributed by atoms with Crippen molar-refractivity contribution >= 4 is 22.4 Å². The molecule has 1 saturated carbocycles. The second kappa shape index (κ2) is 9.14. The topological polar surface area (TPSA) is 72.2 Å². The van der Waals surface area contributed by atoms with Crippen molar-refractivity contribution in [3.8, 4) is 0 Å². The Morgan fingerprint density at radius 1 is 1.12 bits per heavy atom. The first kappa shape index (κ1) is 17.2. The molecule has 0 atom stereocenters. The molecule has 0 aromatic heterocycles. The second-order valence-electron chi connectivity index (χ2n) is 4.68. The number of nitrogens with two attached hydrogens (primary N) is 1. The summed E-state index contributed by atoms with van der Waals surface area (Å²) in [5, 5.41) is 0. The van der Waals surface area contributed by atoms with Crippen molar-refractivity contribution in [3.63, 3.8) is 0 Å². The van der Waals surface area contributed by atoms with Gasteiger partial charge in [-0.1, -0.05) is 19.3 Å². The summed E-state index contributed by atoms with van der Waals surface area (Å²) in [5.41, 5.74) is 5.35. The summed E-state index contributed by atoms with van der Waals surface area (Å²) in [6.07, 6.45) is 7.50. The fourth-order valence-corrected chi connectivity index (χ4v) is 3.75. The van der Waals surface area contributed by atoms with Gasteiger partial charge in [0, 0.05) is 6.54 Å². The molecule has 0 aliphatic heterocycles. The Kier molecular flexibility index (Phi) is 9.22. The van der Waals surface area contributed by atoms with Gasteiger partial charge < -0.3 is 5.73 Å². The molecule has 1 aliphatic rings. The molecule has 104 valence electrons. The highest BCUT2D eigenvalue weighted by molar-refractivity contribution is 7.89. The molecule has 0 amide bonds. The van der Waals surface area contributed by atoms with E-state index in [0.29, 0.717) is 24.8 Å². The molecule has 3 N–H and O–H groups in total. The Hall–Kier alpha value is 0.160. The van der Waals surface area contributed by atoms with Crippen LogP contribution in [-0.4, -0.2) is 27.3 Å². The van der Waals surface area contributed by atoms with E-state index in [0.717, 1.165) is 25.7 Å². The van der Waals surface area contributed by atoms with E-state index in [1.807, 2.05) is 0 Å². The van der Waals surface area contributed by atoms with Crippen molar-refractivity contribution in [2.24, 2.45) is 11.7 Å². The van der Waals surface area contributed by atoms with Crippen LogP contribution in [0.2, 0.25) is 0 Å². The van der Waals surface area contributed by atoms with E-state index in [9.17, 15) is 8.42 Å². The molecule has 0 unspecified atom stereocenters. The van der Waals surface area contributed by atoms with Gasteiger partial charge >= 0.3 is 0 Å². The van der Waals surface area contributed by atoms with Crippen LogP contribution in [0.5, 0.6) is 0 Å². The van der Waals surface area contributed by atoms with Gasteiger partial charge in [0.05, 0.1) is 5.75 Å². The number of halogens is 1. The van der Waals surface area contributed by atoms with Gasteiger partial charge in [0.1, 0.15) is 0 Å². The third-order valence-corrected chi connectivity index (χ3v) is 4.69. The van der Waals surface area contributed by atoms with E-state index in [2.05, 4.69) is 4.72 Å². The van der Waals surface area contributed by atoms with Crippen LogP contribution in [0.3, 0.4) is 0 Å². The summed E-state index contributed by atoms with van der Waals surface area (Å²) < 4.78 is 26.1. The fraction of sp³-hybridized carbons (Fsp3) is 1.00. The van der Waals surface area contributed by atoms with Crippen LogP contribution in [0.25, 0.3) is 0 Å². The van der Waals surface area contributed by atoms with E-state index in [1.54, 1.807) is 0 Å². The second-order valence-corrected chi connectivity index (χ2v) is 6.53. The zero-order valence-corrected chi connectivity index (χ0v) is 12.0. The average molecular weight is 285 g/mol. The van der Waals surface area contributed by atoms with Gasteiger partial charge in [-0.25, -0.2) is 13.1 Å². The Balaban J connectivity index is 0.00000256. The van der Waals surface area contributed by atoms with Gasteiger partial charge in [-0.05, 0) is 38.1 Å². The predicted molar refractivity (Wildman–Crippen MR) is 73.9 cm³/mol. The molecule has 0 aromatic rings. The summed E-state index contributed by atoms with van der Waals surface area (Å²) in [7, 11) is -3.05. The number of hydrogen-bond donors (Lipinski definition) is 2. The van der Waals surface area contributed by atoms with Gasteiger partial charge in [-0.2, -0.15) is 0 Å². The monoisotopic (exact) mass is 284 g/mol. The highest BCUT2D eigenvalue weighted by atomic mass is 35.5. The lowest BCUT2D eigenvalue weighted by atomic mass is 9.91. The average Bonchev–Trinajstić information content (AvgIpc) is 2.25. The lowest BCUT2D eigenvalue weighted by molar-refractivity contribution is 0.384. The minimum absolute atomic E-state index is 0. The molecule has 0 saturated heterocycles. The molecule has 1 rings (SSSR count). The normalized spacial score (nSPS) is 17.7. The zero-order valence-electron chi connectivity index (χ0n) is 10.4. The highest BCUT2D eigenvalue weighted by Crippen LogP contribution is 2.24. The minimum atomic E-state index is -3.05. The van der Waals surface area contributed by atoms with Gasteiger partial charge in [-0.15, -0.1) is 12.4 Å². The Morgan fingerprint density at radius 2 is 1.76 bits per heavy atom. The molecule has 6 heteroatoms. The zero-order chi connectivity index (χ0) is 11.9. The third kappa shape index (κ3) is 7.97. The number of unbranched alkanes of at least 4 members (excludes halogenated alkanes) is 1. The first-order valence-corrected chi connectivity index (χ1v) is 7.96. The summed E-state index contributed by atoms with van der Waals surface area (Å²) in [6.45, 7) is 1.16. The Bertz CT molecular complexity index is 277. The Morgan fingerprint density at radius 3 is 2.35 bits per heavy atom. The maximum absolute atomic E-state index is 11.7. The lowest BCUT2D eigenvalue weighted by Crippen LogP contribution is -2.31. The van der Waals surface area contributed by atoms with Crippen molar-refractivity contribution in [1.29, 1.82) is 0 Å². The van der Waals surface area contributed by atoms with Crippen molar-refractivity contribution in [1.82, 2.24) is 4.72 Å². The van der Waals surface area contributed by atoms with Gasteiger partial charge in [-0.3, -0.25) is 0 Å². The minimum Gasteiger partial charge on any atom is -0.330 e. The third-order valence-electron chi connectivity index (χ3n) is 3.13. The Labute approximate surface area is 111 Å². The molecule has 0 bridgehead atoms. The van der Waals surface area contributed by atoms with E-state index in [1.165, 1.54) is 19.3 Å². The smallest absolute Gasteiger partial charge is 0.211 e. The standard InChI is InChI=1S/C11H24N2O2S.ClH/c12-8-4-5-9-13-16(14,15)10-11-6-2-1-3-7-11;/h11,13H,1-10,12H2;1H. The van der Waals surface area contributed by atoms with E-state index in [-0.39, 0.29) is 12.4 Å². The largest absolute Gasteiger partial charge is 0.330 e.